The summed E-state index contributed by atoms with van der Waals surface area (Å²) >= 11 is 0. The van der Waals surface area contributed by atoms with Gasteiger partial charge in [-0.15, -0.1) is 0 Å². The maximum atomic E-state index is 5.78. The van der Waals surface area contributed by atoms with Gasteiger partial charge in [-0.05, 0) is 18.4 Å². The van der Waals surface area contributed by atoms with Gasteiger partial charge in [0.15, 0.2) is 0 Å². The predicted octanol–water partition coefficient (Wildman–Crippen LogP) is 2.10. The van der Waals surface area contributed by atoms with Crippen molar-refractivity contribution >= 4 is 0 Å². The van der Waals surface area contributed by atoms with Crippen LogP contribution in [0.4, 0.5) is 0 Å². The Labute approximate surface area is 103 Å². The topological polar surface area (TPSA) is 44.5 Å². The van der Waals surface area contributed by atoms with E-state index in [0.29, 0.717) is 19.8 Å². The van der Waals surface area contributed by atoms with Crippen molar-refractivity contribution in [2.24, 2.45) is 5.73 Å². The second-order valence-electron chi connectivity index (χ2n) is 4.63. The lowest BCUT2D eigenvalue weighted by Gasteiger charge is -2.26. The van der Waals surface area contributed by atoms with Crippen LogP contribution in [0.3, 0.4) is 0 Å². The van der Waals surface area contributed by atoms with E-state index in [1.165, 1.54) is 5.56 Å². The number of hydrogen-bond donors (Lipinski definition) is 1. The van der Waals surface area contributed by atoms with Crippen LogP contribution >= 0.6 is 0 Å². The van der Waals surface area contributed by atoms with E-state index in [-0.39, 0.29) is 5.60 Å². The summed E-state index contributed by atoms with van der Waals surface area (Å²) in [5.41, 5.74) is 6.88. The fourth-order valence-corrected chi connectivity index (χ4v) is 2.24. The molecule has 1 atom stereocenters. The van der Waals surface area contributed by atoms with Crippen LogP contribution < -0.4 is 5.73 Å². The molecule has 0 aliphatic carbocycles. The SMILES string of the molecule is NCC1(CCOCc2ccccc2)CCCO1. The Balaban J connectivity index is 1.69. The smallest absolute Gasteiger partial charge is 0.0826 e. The summed E-state index contributed by atoms with van der Waals surface area (Å²) in [5, 5.41) is 0. The van der Waals surface area contributed by atoms with Gasteiger partial charge in [-0.1, -0.05) is 30.3 Å². The van der Waals surface area contributed by atoms with Crippen LogP contribution in [0.5, 0.6) is 0 Å². The number of hydrogen-bond acceptors (Lipinski definition) is 3. The second-order valence-corrected chi connectivity index (χ2v) is 4.63. The summed E-state index contributed by atoms with van der Waals surface area (Å²) in [6, 6.07) is 10.2. The first-order chi connectivity index (χ1) is 8.35. The van der Waals surface area contributed by atoms with Crippen LogP contribution in [-0.2, 0) is 16.1 Å². The van der Waals surface area contributed by atoms with Gasteiger partial charge in [0.25, 0.3) is 0 Å². The summed E-state index contributed by atoms with van der Waals surface area (Å²) < 4.78 is 11.4. The normalized spacial score (nSPS) is 24.1. The highest BCUT2D eigenvalue weighted by molar-refractivity contribution is 5.13. The van der Waals surface area contributed by atoms with E-state index in [4.69, 9.17) is 15.2 Å². The van der Waals surface area contributed by atoms with Crippen molar-refractivity contribution < 1.29 is 9.47 Å². The molecule has 0 saturated carbocycles. The van der Waals surface area contributed by atoms with E-state index < -0.39 is 0 Å². The van der Waals surface area contributed by atoms with Gasteiger partial charge in [-0.3, -0.25) is 0 Å². The molecule has 0 bridgehead atoms. The molecule has 17 heavy (non-hydrogen) atoms. The summed E-state index contributed by atoms with van der Waals surface area (Å²) in [5.74, 6) is 0. The minimum absolute atomic E-state index is 0.114. The zero-order chi connectivity index (χ0) is 12.0. The molecular formula is C14H21NO2. The van der Waals surface area contributed by atoms with Gasteiger partial charge in [0.1, 0.15) is 0 Å². The van der Waals surface area contributed by atoms with Crippen molar-refractivity contribution in [1.29, 1.82) is 0 Å². The molecule has 2 N–H and O–H groups in total. The third-order valence-electron chi connectivity index (χ3n) is 3.37. The summed E-state index contributed by atoms with van der Waals surface area (Å²) in [6.07, 6.45) is 3.09. The van der Waals surface area contributed by atoms with E-state index in [1.807, 2.05) is 18.2 Å². The standard InChI is InChI=1S/C14H21NO2/c15-12-14(7-4-9-17-14)8-10-16-11-13-5-2-1-3-6-13/h1-3,5-6H,4,7-12,15H2. The van der Waals surface area contributed by atoms with Crippen LogP contribution in [0.25, 0.3) is 0 Å². The molecule has 3 nitrogen and oxygen atoms in total. The minimum atomic E-state index is -0.114. The molecule has 1 aliphatic heterocycles. The summed E-state index contributed by atoms with van der Waals surface area (Å²) in [7, 11) is 0. The van der Waals surface area contributed by atoms with Gasteiger partial charge in [0.05, 0.1) is 12.2 Å². The molecular weight excluding hydrogens is 214 g/mol. The Morgan fingerprint density at radius 1 is 1.29 bits per heavy atom. The quantitative estimate of drug-likeness (QED) is 0.768. The molecule has 3 heteroatoms. The molecule has 0 amide bonds. The number of rotatable bonds is 6. The molecule has 1 fully saturated rings. The molecule has 1 heterocycles. The van der Waals surface area contributed by atoms with E-state index in [9.17, 15) is 0 Å². The summed E-state index contributed by atoms with van der Waals surface area (Å²) in [4.78, 5) is 0. The van der Waals surface area contributed by atoms with Crippen molar-refractivity contribution in [2.45, 2.75) is 31.5 Å². The Bertz CT molecular complexity index is 320. The van der Waals surface area contributed by atoms with Crippen molar-refractivity contribution in [3.8, 4) is 0 Å². The van der Waals surface area contributed by atoms with Crippen LogP contribution in [0, 0.1) is 0 Å². The first-order valence-electron chi connectivity index (χ1n) is 6.30. The largest absolute Gasteiger partial charge is 0.377 e. The van der Waals surface area contributed by atoms with Crippen molar-refractivity contribution in [3.05, 3.63) is 35.9 Å². The van der Waals surface area contributed by atoms with Crippen LogP contribution in [-0.4, -0.2) is 25.4 Å². The Kier molecular flexibility index (Phi) is 4.54. The van der Waals surface area contributed by atoms with Gasteiger partial charge in [-0.2, -0.15) is 0 Å². The molecule has 2 rings (SSSR count). The van der Waals surface area contributed by atoms with Crippen LogP contribution in [0.15, 0.2) is 30.3 Å². The lowest BCUT2D eigenvalue weighted by Crippen LogP contribution is -2.38. The van der Waals surface area contributed by atoms with E-state index in [0.717, 1.165) is 25.9 Å². The molecule has 1 saturated heterocycles. The van der Waals surface area contributed by atoms with Gasteiger partial charge < -0.3 is 15.2 Å². The lowest BCUT2D eigenvalue weighted by atomic mass is 9.97. The molecule has 1 aromatic carbocycles. The maximum absolute atomic E-state index is 5.78. The van der Waals surface area contributed by atoms with Crippen molar-refractivity contribution in [3.63, 3.8) is 0 Å². The molecule has 0 spiro atoms. The Morgan fingerprint density at radius 3 is 2.76 bits per heavy atom. The van der Waals surface area contributed by atoms with Gasteiger partial charge >= 0.3 is 0 Å². The zero-order valence-corrected chi connectivity index (χ0v) is 10.2. The fourth-order valence-electron chi connectivity index (χ4n) is 2.24. The number of ether oxygens (including phenoxy) is 2. The first-order valence-corrected chi connectivity index (χ1v) is 6.30. The van der Waals surface area contributed by atoms with E-state index in [2.05, 4.69) is 12.1 Å². The second kappa shape index (κ2) is 6.15. The van der Waals surface area contributed by atoms with Gasteiger partial charge in [-0.25, -0.2) is 0 Å². The van der Waals surface area contributed by atoms with Crippen molar-refractivity contribution in [1.82, 2.24) is 0 Å². The number of benzene rings is 1. The monoisotopic (exact) mass is 235 g/mol. The third kappa shape index (κ3) is 3.53. The highest BCUT2D eigenvalue weighted by Gasteiger charge is 2.33. The maximum Gasteiger partial charge on any atom is 0.0826 e. The molecule has 1 unspecified atom stereocenters. The van der Waals surface area contributed by atoms with Gasteiger partial charge in [0, 0.05) is 26.2 Å². The average Bonchev–Trinajstić information content (AvgIpc) is 2.85. The average molecular weight is 235 g/mol. The fraction of sp³-hybridized carbons (Fsp3) is 0.571. The first kappa shape index (κ1) is 12.6. The third-order valence-corrected chi connectivity index (χ3v) is 3.37. The van der Waals surface area contributed by atoms with Crippen LogP contribution in [0.2, 0.25) is 0 Å². The van der Waals surface area contributed by atoms with Gasteiger partial charge in [0.2, 0.25) is 0 Å². The number of nitrogens with two attached hydrogens (primary N) is 1. The Hall–Kier alpha value is -0.900. The Morgan fingerprint density at radius 2 is 2.12 bits per heavy atom. The molecule has 0 aromatic heterocycles. The lowest BCUT2D eigenvalue weighted by molar-refractivity contribution is -0.0203. The highest BCUT2D eigenvalue weighted by Crippen LogP contribution is 2.27. The van der Waals surface area contributed by atoms with E-state index in [1.54, 1.807) is 0 Å². The van der Waals surface area contributed by atoms with Crippen molar-refractivity contribution in [2.75, 3.05) is 19.8 Å². The molecule has 94 valence electrons. The minimum Gasteiger partial charge on any atom is -0.377 e. The highest BCUT2D eigenvalue weighted by atomic mass is 16.5. The zero-order valence-electron chi connectivity index (χ0n) is 10.2. The van der Waals surface area contributed by atoms with E-state index >= 15 is 0 Å². The van der Waals surface area contributed by atoms with Crippen LogP contribution in [0.1, 0.15) is 24.8 Å². The summed E-state index contributed by atoms with van der Waals surface area (Å²) in [6.45, 7) is 2.82. The molecule has 1 aliphatic rings. The predicted molar refractivity (Wildman–Crippen MR) is 67.7 cm³/mol. The molecule has 1 aromatic rings. The molecule has 0 radical (unpaired) electrons.